The van der Waals surface area contributed by atoms with Crippen molar-refractivity contribution in [3.05, 3.63) is 28.3 Å². The maximum Gasteiger partial charge on any atom is 0.322 e. The van der Waals surface area contributed by atoms with Gasteiger partial charge in [-0.15, -0.1) is 0 Å². The molecule has 3 rings (SSSR count). The highest BCUT2D eigenvalue weighted by atomic mass is 35.5. The van der Waals surface area contributed by atoms with E-state index in [4.69, 9.17) is 21.1 Å². The third-order valence-corrected chi connectivity index (χ3v) is 6.71. The molecule has 2 saturated heterocycles. The molecular weight excluding hydrogens is 422 g/mol. The van der Waals surface area contributed by atoms with Gasteiger partial charge >= 0.3 is 6.03 Å². The molecule has 0 spiro atoms. The van der Waals surface area contributed by atoms with E-state index >= 15 is 0 Å². The Morgan fingerprint density at radius 2 is 1.97 bits per heavy atom. The Morgan fingerprint density at radius 3 is 2.52 bits per heavy atom. The Kier molecular flexibility index (Phi) is 7.11. The van der Waals surface area contributed by atoms with Crippen molar-refractivity contribution in [3.8, 4) is 5.75 Å². The van der Waals surface area contributed by atoms with Gasteiger partial charge in [-0.25, -0.2) is 4.79 Å². The Bertz CT molecular complexity index is 869. The molecule has 1 aromatic carbocycles. The lowest BCUT2D eigenvalue weighted by Gasteiger charge is -2.35. The van der Waals surface area contributed by atoms with Crippen LogP contribution in [0.25, 0.3) is 0 Å². The molecule has 0 aromatic heterocycles. The summed E-state index contributed by atoms with van der Waals surface area (Å²) >= 11 is 6.29. The summed E-state index contributed by atoms with van der Waals surface area (Å²) in [7, 11) is 3.07. The van der Waals surface area contributed by atoms with Crippen LogP contribution in [0.4, 0.5) is 4.79 Å². The molecule has 1 aromatic rings. The Morgan fingerprint density at radius 1 is 1.29 bits per heavy atom. The number of amides is 4. The molecule has 2 aliphatic heterocycles. The second kappa shape index (κ2) is 9.44. The van der Waals surface area contributed by atoms with Gasteiger partial charge in [0.2, 0.25) is 5.91 Å². The molecule has 0 unspecified atom stereocenters. The van der Waals surface area contributed by atoms with Crippen LogP contribution in [0.1, 0.15) is 43.2 Å². The summed E-state index contributed by atoms with van der Waals surface area (Å²) in [6.07, 6.45) is 1.86. The zero-order valence-electron chi connectivity index (χ0n) is 18.4. The lowest BCUT2D eigenvalue weighted by atomic mass is 9.86. The highest BCUT2D eigenvalue weighted by molar-refractivity contribution is 6.32. The second-order valence-electron chi connectivity index (χ2n) is 8.48. The molecule has 0 aliphatic carbocycles. The molecule has 2 aliphatic rings. The number of imide groups is 1. The number of hydrogen-bond donors (Lipinski definition) is 2. The van der Waals surface area contributed by atoms with E-state index in [1.165, 1.54) is 12.7 Å². The van der Waals surface area contributed by atoms with Crippen molar-refractivity contribution in [3.63, 3.8) is 0 Å². The van der Waals surface area contributed by atoms with E-state index in [9.17, 15) is 14.4 Å². The van der Waals surface area contributed by atoms with Gasteiger partial charge in [0.25, 0.3) is 5.91 Å². The van der Waals surface area contributed by atoms with Crippen LogP contribution >= 0.6 is 11.6 Å². The van der Waals surface area contributed by atoms with Crippen molar-refractivity contribution in [1.82, 2.24) is 15.5 Å². The summed E-state index contributed by atoms with van der Waals surface area (Å²) in [4.78, 5) is 38.9. The number of carbonyl (C=O) groups is 3. The van der Waals surface area contributed by atoms with E-state index < -0.39 is 23.4 Å². The van der Waals surface area contributed by atoms with Gasteiger partial charge in [-0.3, -0.25) is 14.9 Å². The molecule has 0 saturated carbocycles. The normalized spacial score (nSPS) is 22.8. The third-order valence-electron chi connectivity index (χ3n) is 6.22. The largest absolute Gasteiger partial charge is 0.495 e. The number of benzene rings is 1. The highest BCUT2D eigenvalue weighted by Crippen LogP contribution is 2.36. The summed E-state index contributed by atoms with van der Waals surface area (Å²) in [5.74, 6) is 0.0827. The first-order valence-corrected chi connectivity index (χ1v) is 10.8. The summed E-state index contributed by atoms with van der Waals surface area (Å²) < 4.78 is 10.5. The SMILES string of the molecule is COC[C@]1(C[C@H](C)C(=O)N2CCC(c3cc(C)c(Cl)c(OC)c3)CC2)NC(=O)NC1=O. The number of urea groups is 1. The number of piperidine rings is 1. The van der Waals surface area contributed by atoms with Gasteiger partial charge in [0.05, 0.1) is 18.7 Å². The van der Waals surface area contributed by atoms with E-state index in [0.29, 0.717) is 29.8 Å². The molecule has 2 fully saturated rings. The van der Waals surface area contributed by atoms with Gasteiger partial charge in [-0.1, -0.05) is 24.6 Å². The van der Waals surface area contributed by atoms with Crippen LogP contribution in [0.15, 0.2) is 12.1 Å². The van der Waals surface area contributed by atoms with Crippen LogP contribution in [-0.4, -0.2) is 62.2 Å². The van der Waals surface area contributed by atoms with Crippen LogP contribution in [0.5, 0.6) is 5.75 Å². The fourth-order valence-electron chi connectivity index (χ4n) is 4.58. The molecule has 8 nitrogen and oxygen atoms in total. The zero-order valence-corrected chi connectivity index (χ0v) is 19.2. The Balaban J connectivity index is 1.63. The molecule has 4 amide bonds. The number of nitrogens with zero attached hydrogens (tertiary/aromatic N) is 1. The van der Waals surface area contributed by atoms with E-state index in [-0.39, 0.29) is 18.9 Å². The molecule has 0 radical (unpaired) electrons. The molecule has 170 valence electrons. The molecule has 9 heteroatoms. The average Bonchev–Trinajstić information content (AvgIpc) is 3.02. The van der Waals surface area contributed by atoms with E-state index in [2.05, 4.69) is 16.7 Å². The number of carbonyl (C=O) groups excluding carboxylic acids is 3. The monoisotopic (exact) mass is 451 g/mol. The molecule has 2 N–H and O–H groups in total. The van der Waals surface area contributed by atoms with E-state index in [0.717, 1.165) is 18.4 Å². The van der Waals surface area contributed by atoms with Crippen molar-refractivity contribution >= 4 is 29.4 Å². The fourth-order valence-corrected chi connectivity index (χ4v) is 4.77. The van der Waals surface area contributed by atoms with Gasteiger partial charge in [0.15, 0.2) is 0 Å². The lowest BCUT2D eigenvalue weighted by molar-refractivity contribution is -0.138. The van der Waals surface area contributed by atoms with Crippen molar-refractivity contribution in [1.29, 1.82) is 0 Å². The van der Waals surface area contributed by atoms with Crippen LogP contribution in [-0.2, 0) is 14.3 Å². The van der Waals surface area contributed by atoms with Crippen LogP contribution in [0, 0.1) is 12.8 Å². The number of aryl methyl sites for hydroxylation is 1. The van der Waals surface area contributed by atoms with Gasteiger partial charge < -0.3 is 19.7 Å². The molecule has 31 heavy (non-hydrogen) atoms. The molecule has 2 heterocycles. The van der Waals surface area contributed by atoms with Gasteiger partial charge in [0.1, 0.15) is 11.3 Å². The second-order valence-corrected chi connectivity index (χ2v) is 8.86. The number of hydrogen-bond acceptors (Lipinski definition) is 5. The first-order chi connectivity index (χ1) is 14.7. The fraction of sp³-hybridized carbons (Fsp3) is 0.591. The van der Waals surface area contributed by atoms with Gasteiger partial charge in [-0.05, 0) is 49.3 Å². The average molecular weight is 452 g/mol. The van der Waals surface area contributed by atoms with Crippen molar-refractivity contribution in [2.75, 3.05) is 33.9 Å². The molecule has 0 bridgehead atoms. The third kappa shape index (κ3) is 4.80. The predicted molar refractivity (Wildman–Crippen MR) is 116 cm³/mol. The van der Waals surface area contributed by atoms with Crippen molar-refractivity contribution in [2.45, 2.75) is 44.6 Å². The zero-order chi connectivity index (χ0) is 22.8. The maximum atomic E-state index is 13.1. The van der Waals surface area contributed by atoms with Crippen LogP contribution in [0.3, 0.4) is 0 Å². The number of nitrogens with one attached hydrogen (secondary N) is 2. The summed E-state index contributed by atoms with van der Waals surface area (Å²) in [6, 6.07) is 3.51. The van der Waals surface area contributed by atoms with Crippen molar-refractivity contribution < 1.29 is 23.9 Å². The minimum Gasteiger partial charge on any atom is -0.495 e. The van der Waals surface area contributed by atoms with Gasteiger partial charge in [-0.2, -0.15) is 0 Å². The van der Waals surface area contributed by atoms with E-state index in [1.807, 2.05) is 17.9 Å². The minimum absolute atomic E-state index is 0.0159. The standard InChI is InChI=1S/C22H30ClN3O5/c1-13-9-16(10-17(31-4)18(13)23)15-5-7-26(8-6-15)19(27)14(2)11-22(12-30-3)20(28)24-21(29)25-22/h9-10,14-15H,5-8,11-12H2,1-4H3,(H2,24,25,28,29)/t14-,22-/m0/s1. The summed E-state index contributed by atoms with van der Waals surface area (Å²) in [6.45, 7) is 5.03. The molecule has 2 atom stereocenters. The van der Waals surface area contributed by atoms with E-state index in [1.54, 1.807) is 14.0 Å². The molecular formula is C22H30ClN3O5. The Labute approximate surface area is 187 Å². The first-order valence-electron chi connectivity index (χ1n) is 10.5. The summed E-state index contributed by atoms with van der Waals surface area (Å²) in [5.41, 5.74) is 0.933. The quantitative estimate of drug-likeness (QED) is 0.621. The first kappa shape index (κ1) is 23.3. The van der Waals surface area contributed by atoms with Crippen LogP contribution in [0.2, 0.25) is 5.02 Å². The Hall–Kier alpha value is -2.32. The maximum absolute atomic E-state index is 13.1. The predicted octanol–water partition coefficient (Wildman–Crippen LogP) is 2.61. The highest BCUT2D eigenvalue weighted by Gasteiger charge is 2.48. The van der Waals surface area contributed by atoms with Gasteiger partial charge in [0, 0.05) is 26.1 Å². The number of rotatable bonds is 7. The van der Waals surface area contributed by atoms with Crippen molar-refractivity contribution in [2.24, 2.45) is 5.92 Å². The lowest BCUT2D eigenvalue weighted by Crippen LogP contribution is -2.53. The smallest absolute Gasteiger partial charge is 0.322 e. The minimum atomic E-state index is -1.21. The number of halogens is 1. The number of likely N-dealkylation sites (tertiary alicyclic amines) is 1. The number of ether oxygens (including phenoxy) is 2. The van der Waals surface area contributed by atoms with Crippen LogP contribution < -0.4 is 15.4 Å². The number of methoxy groups -OCH3 is 2. The topological polar surface area (TPSA) is 97.0 Å². The summed E-state index contributed by atoms with van der Waals surface area (Å²) in [5, 5.41) is 5.51.